The van der Waals surface area contributed by atoms with Gasteiger partial charge in [-0.05, 0) is 78.4 Å². The van der Waals surface area contributed by atoms with Crippen LogP contribution in [0.3, 0.4) is 0 Å². The minimum absolute atomic E-state index is 0.798. The highest BCUT2D eigenvalue weighted by atomic mass is 32.1. The molecule has 4 nitrogen and oxygen atoms in total. The van der Waals surface area contributed by atoms with Crippen molar-refractivity contribution in [3.05, 3.63) is 90.1 Å². The fourth-order valence-corrected chi connectivity index (χ4v) is 7.06. The lowest BCUT2D eigenvalue weighted by Gasteiger charge is -2.21. The Labute approximate surface area is 232 Å². The van der Waals surface area contributed by atoms with E-state index in [1.54, 1.807) is 11.3 Å². The largest absolute Gasteiger partial charge is 0.353 e. The molecule has 0 radical (unpaired) electrons. The van der Waals surface area contributed by atoms with Gasteiger partial charge in [-0.1, -0.05) is 56.9 Å². The van der Waals surface area contributed by atoms with Gasteiger partial charge in [0.25, 0.3) is 0 Å². The monoisotopic (exact) mass is 528 g/mol. The molecule has 0 aliphatic heterocycles. The maximum atomic E-state index is 4.74. The number of thiophene rings is 1. The summed E-state index contributed by atoms with van der Waals surface area (Å²) in [7, 11) is 0. The Morgan fingerprint density at radius 2 is 1.82 bits per heavy atom. The third kappa shape index (κ3) is 4.61. The molecule has 7 rings (SSSR count). The molecular formula is C34H32N4S. The quantitative estimate of drug-likeness (QED) is 0.226. The molecule has 1 fully saturated rings. The van der Waals surface area contributed by atoms with Gasteiger partial charge >= 0.3 is 0 Å². The number of H-pyrrole nitrogens is 2. The number of fused-ring (bicyclic) bond motifs is 2. The molecular weight excluding hydrogens is 496 g/mol. The molecule has 5 heteroatoms. The number of nitrogens with one attached hydrogen (secondary N) is 2. The Morgan fingerprint density at radius 1 is 0.923 bits per heavy atom. The van der Waals surface area contributed by atoms with Crippen molar-refractivity contribution in [2.45, 2.75) is 45.4 Å². The van der Waals surface area contributed by atoms with Crippen molar-refractivity contribution < 1.29 is 0 Å². The number of pyridine rings is 1. The molecule has 39 heavy (non-hydrogen) atoms. The van der Waals surface area contributed by atoms with Crippen LogP contribution in [-0.4, -0.2) is 20.2 Å². The van der Waals surface area contributed by atoms with Gasteiger partial charge in [0.15, 0.2) is 0 Å². The molecule has 0 unspecified atom stereocenters. The van der Waals surface area contributed by atoms with Gasteiger partial charge in [-0.15, -0.1) is 11.3 Å². The molecule has 1 saturated carbocycles. The Bertz CT molecular complexity index is 1810. The number of aromatic nitrogens is 4. The van der Waals surface area contributed by atoms with E-state index in [2.05, 4.69) is 95.4 Å². The average molecular weight is 529 g/mol. The predicted octanol–water partition coefficient (Wildman–Crippen LogP) is 9.66. The van der Waals surface area contributed by atoms with E-state index in [-0.39, 0.29) is 0 Å². The summed E-state index contributed by atoms with van der Waals surface area (Å²) in [6, 6.07) is 21.9. The van der Waals surface area contributed by atoms with Crippen LogP contribution in [0.15, 0.2) is 79.6 Å². The smallest absolute Gasteiger partial charge is 0.116 e. The number of allylic oxidation sites excluding steroid dienone is 1. The van der Waals surface area contributed by atoms with Crippen LogP contribution in [0, 0.1) is 5.92 Å². The minimum Gasteiger partial charge on any atom is -0.353 e. The lowest BCUT2D eigenvalue weighted by atomic mass is 9.85. The molecule has 0 atom stereocenters. The van der Waals surface area contributed by atoms with Crippen molar-refractivity contribution in [1.29, 1.82) is 0 Å². The van der Waals surface area contributed by atoms with Gasteiger partial charge in [-0.3, -0.25) is 10.1 Å². The second-order valence-electron chi connectivity index (χ2n) is 11.0. The van der Waals surface area contributed by atoms with Crippen LogP contribution < -0.4 is 0 Å². The molecule has 2 aromatic carbocycles. The second-order valence-corrected chi connectivity index (χ2v) is 12.1. The zero-order valence-electron chi connectivity index (χ0n) is 22.3. The van der Waals surface area contributed by atoms with Crippen molar-refractivity contribution in [1.82, 2.24) is 20.2 Å². The lowest BCUT2D eigenvalue weighted by molar-refractivity contribution is 0.356. The Kier molecular flexibility index (Phi) is 6.16. The highest BCUT2D eigenvalue weighted by molar-refractivity contribution is 7.16. The fraction of sp³-hybridized carbons (Fsp3) is 0.235. The van der Waals surface area contributed by atoms with Crippen molar-refractivity contribution in [2.75, 3.05) is 0 Å². The zero-order valence-corrected chi connectivity index (χ0v) is 23.1. The molecule has 0 bridgehead atoms. The topological polar surface area (TPSA) is 57.4 Å². The number of rotatable bonds is 6. The summed E-state index contributed by atoms with van der Waals surface area (Å²) in [6.45, 7) is 6.17. The molecule has 1 aliphatic rings. The highest BCUT2D eigenvalue weighted by Gasteiger charge is 2.17. The second kappa shape index (κ2) is 9.97. The Morgan fingerprint density at radius 3 is 2.67 bits per heavy atom. The first-order valence-electron chi connectivity index (χ1n) is 13.9. The van der Waals surface area contributed by atoms with Crippen LogP contribution in [0.1, 0.15) is 49.5 Å². The van der Waals surface area contributed by atoms with Crippen molar-refractivity contribution in [3.63, 3.8) is 0 Å². The maximum Gasteiger partial charge on any atom is 0.116 e. The van der Waals surface area contributed by atoms with Crippen LogP contribution in [0.5, 0.6) is 0 Å². The molecule has 0 amide bonds. The molecule has 194 valence electrons. The SMILES string of the molecule is C=C(C)c1ccc(-c2cccc3[nH]c(-c4n[nH]c5ccc(-c6cncc(CC7CCCCC7)c6)cc45)cc23)s1. The first-order chi connectivity index (χ1) is 19.1. The summed E-state index contributed by atoms with van der Waals surface area (Å²) in [4.78, 5) is 10.7. The van der Waals surface area contributed by atoms with E-state index in [9.17, 15) is 0 Å². The lowest BCUT2D eigenvalue weighted by Crippen LogP contribution is -2.09. The summed E-state index contributed by atoms with van der Waals surface area (Å²) in [5.41, 5.74) is 10.1. The van der Waals surface area contributed by atoms with E-state index < -0.39 is 0 Å². The van der Waals surface area contributed by atoms with Gasteiger partial charge in [-0.25, -0.2) is 0 Å². The predicted molar refractivity (Wildman–Crippen MR) is 165 cm³/mol. The average Bonchev–Trinajstić information content (AvgIpc) is 3.71. The van der Waals surface area contributed by atoms with Gasteiger partial charge in [0.1, 0.15) is 5.69 Å². The molecule has 1 aliphatic carbocycles. The van der Waals surface area contributed by atoms with Crippen LogP contribution in [0.25, 0.3) is 60.3 Å². The van der Waals surface area contributed by atoms with Gasteiger partial charge in [0, 0.05) is 49.6 Å². The van der Waals surface area contributed by atoms with E-state index >= 15 is 0 Å². The van der Waals surface area contributed by atoms with Gasteiger partial charge in [-0.2, -0.15) is 5.10 Å². The third-order valence-corrected chi connectivity index (χ3v) is 9.43. The summed E-state index contributed by atoms with van der Waals surface area (Å²) < 4.78 is 0. The van der Waals surface area contributed by atoms with E-state index in [0.717, 1.165) is 45.7 Å². The Balaban J connectivity index is 1.25. The molecule has 0 spiro atoms. The summed E-state index contributed by atoms with van der Waals surface area (Å²) in [5.74, 6) is 0.798. The third-order valence-electron chi connectivity index (χ3n) is 8.15. The van der Waals surface area contributed by atoms with E-state index in [4.69, 9.17) is 5.10 Å². The standard InChI is InChI=1S/C34H32N4S/c1-21(2)32-13-14-33(39-32)26-9-6-10-29-27(26)18-31(36-29)34-28-17-24(11-12-30(28)37-38-34)25-16-23(19-35-20-25)15-22-7-4-3-5-8-22/h6,9-14,16-20,22,36H,1,3-5,7-8,15H2,2H3,(H,37,38). The number of benzene rings is 2. The van der Waals surface area contributed by atoms with Gasteiger partial charge in [0.05, 0.1) is 11.2 Å². The van der Waals surface area contributed by atoms with E-state index in [1.807, 2.05) is 6.20 Å². The first-order valence-corrected chi connectivity index (χ1v) is 14.7. The summed E-state index contributed by atoms with van der Waals surface area (Å²) in [6.07, 6.45) is 12.0. The van der Waals surface area contributed by atoms with Crippen LogP contribution in [0.4, 0.5) is 0 Å². The highest BCUT2D eigenvalue weighted by Crippen LogP contribution is 2.38. The number of nitrogens with zero attached hydrogens (tertiary/aromatic N) is 2. The number of hydrogen-bond donors (Lipinski definition) is 2. The Hall–Kier alpha value is -3.96. The van der Waals surface area contributed by atoms with E-state index in [0.29, 0.717) is 0 Å². The molecule has 2 N–H and O–H groups in total. The van der Waals surface area contributed by atoms with Crippen molar-refractivity contribution in [3.8, 4) is 33.0 Å². The van der Waals surface area contributed by atoms with Crippen LogP contribution >= 0.6 is 11.3 Å². The normalized spacial score (nSPS) is 14.4. The molecule has 0 saturated heterocycles. The van der Waals surface area contributed by atoms with Crippen molar-refractivity contribution >= 4 is 38.7 Å². The maximum absolute atomic E-state index is 4.74. The van der Waals surface area contributed by atoms with Gasteiger partial charge in [0.2, 0.25) is 0 Å². The zero-order chi connectivity index (χ0) is 26.3. The summed E-state index contributed by atoms with van der Waals surface area (Å²) in [5, 5.41) is 10.3. The van der Waals surface area contributed by atoms with E-state index in [1.165, 1.54) is 69.5 Å². The van der Waals surface area contributed by atoms with Crippen LogP contribution in [-0.2, 0) is 6.42 Å². The van der Waals surface area contributed by atoms with Crippen LogP contribution in [0.2, 0.25) is 0 Å². The van der Waals surface area contributed by atoms with Crippen molar-refractivity contribution in [2.24, 2.45) is 5.92 Å². The minimum atomic E-state index is 0.798. The fourth-order valence-electron chi connectivity index (χ4n) is 6.09. The number of hydrogen-bond acceptors (Lipinski definition) is 3. The molecule has 4 heterocycles. The first kappa shape index (κ1) is 24.1. The summed E-state index contributed by atoms with van der Waals surface area (Å²) >= 11 is 1.79. The van der Waals surface area contributed by atoms with Gasteiger partial charge < -0.3 is 4.98 Å². The molecule has 6 aromatic rings. The number of aromatic amines is 2. The molecule has 4 aromatic heterocycles.